The molecule has 0 bridgehead atoms. The Labute approximate surface area is 178 Å². The zero-order chi connectivity index (χ0) is 20.8. The first-order chi connectivity index (χ1) is 14.0. The van der Waals surface area contributed by atoms with Gasteiger partial charge in [-0.15, -0.1) is 11.3 Å². The molecule has 6 nitrogen and oxygen atoms in total. The molecule has 1 amide bonds. The molecule has 0 radical (unpaired) electrons. The molecule has 1 aromatic heterocycles. The van der Waals surface area contributed by atoms with E-state index in [1.807, 2.05) is 31.3 Å². The lowest BCUT2D eigenvalue weighted by Crippen LogP contribution is -2.39. The van der Waals surface area contributed by atoms with Crippen molar-refractivity contribution < 1.29 is 4.79 Å². The van der Waals surface area contributed by atoms with Crippen molar-refractivity contribution in [2.45, 2.75) is 33.4 Å². The molecule has 0 unspecified atom stereocenters. The number of hydrogen-bond acceptors (Lipinski definition) is 6. The summed E-state index contributed by atoms with van der Waals surface area (Å²) in [6, 6.07) is 6.40. The molecule has 3 rings (SSSR count). The van der Waals surface area contributed by atoms with Crippen LogP contribution in [0.2, 0.25) is 0 Å². The second kappa shape index (κ2) is 10.2. The van der Waals surface area contributed by atoms with E-state index in [9.17, 15) is 4.79 Å². The third-order valence-electron chi connectivity index (χ3n) is 5.39. The van der Waals surface area contributed by atoms with Gasteiger partial charge >= 0.3 is 0 Å². The van der Waals surface area contributed by atoms with Gasteiger partial charge in [0.15, 0.2) is 0 Å². The van der Waals surface area contributed by atoms with Gasteiger partial charge in [-0.05, 0) is 51.2 Å². The summed E-state index contributed by atoms with van der Waals surface area (Å²) in [5, 5.41) is 6.46. The molecule has 1 aliphatic heterocycles. The molecule has 158 valence electrons. The minimum Gasteiger partial charge on any atom is -0.376 e. The first-order valence-corrected chi connectivity index (χ1v) is 11.2. The van der Waals surface area contributed by atoms with E-state index in [-0.39, 0.29) is 5.91 Å². The number of anilines is 1. The van der Waals surface area contributed by atoms with Crippen molar-refractivity contribution in [2.24, 2.45) is 0 Å². The van der Waals surface area contributed by atoms with Crippen molar-refractivity contribution in [1.29, 1.82) is 0 Å². The third kappa shape index (κ3) is 6.01. The van der Waals surface area contributed by atoms with Gasteiger partial charge in [0.2, 0.25) is 5.91 Å². The fourth-order valence-electron chi connectivity index (χ4n) is 3.61. The van der Waals surface area contributed by atoms with Gasteiger partial charge in [0.1, 0.15) is 5.01 Å². The number of nitrogens with zero attached hydrogens (tertiary/aromatic N) is 4. The van der Waals surface area contributed by atoms with E-state index in [1.165, 1.54) is 11.1 Å². The standard InChI is InChI=1S/C22H33N5OS/c1-5-26-10-9-18-7-6-8-20(19(18)14-26)23-13-22(28)27(12-11-25(3)4)15-21-24-17(2)16-29-21/h6-8,16,23H,5,9-15H2,1-4H3. The van der Waals surface area contributed by atoms with Crippen LogP contribution in [-0.4, -0.2) is 72.4 Å². The average molecular weight is 416 g/mol. The summed E-state index contributed by atoms with van der Waals surface area (Å²) < 4.78 is 0. The second-order valence-corrected chi connectivity index (χ2v) is 8.86. The molecule has 1 aliphatic rings. The Hall–Kier alpha value is -1.96. The number of carbonyl (C=O) groups is 1. The van der Waals surface area contributed by atoms with Gasteiger partial charge in [-0.25, -0.2) is 4.98 Å². The SMILES string of the molecule is CCN1CCc2cccc(NCC(=O)N(CCN(C)C)Cc3nc(C)cs3)c2C1. The maximum Gasteiger partial charge on any atom is 0.242 e. The first-order valence-electron chi connectivity index (χ1n) is 10.4. The summed E-state index contributed by atoms with van der Waals surface area (Å²) in [4.78, 5) is 24.0. The van der Waals surface area contributed by atoms with Gasteiger partial charge in [-0.1, -0.05) is 19.1 Å². The quantitative estimate of drug-likeness (QED) is 0.683. The minimum absolute atomic E-state index is 0.112. The number of aryl methyl sites for hydroxylation is 1. The fraction of sp³-hybridized carbons (Fsp3) is 0.545. The first kappa shape index (κ1) is 21.7. The molecule has 0 fully saturated rings. The lowest BCUT2D eigenvalue weighted by molar-refractivity contribution is -0.130. The smallest absolute Gasteiger partial charge is 0.242 e. The van der Waals surface area contributed by atoms with E-state index in [4.69, 9.17) is 0 Å². The van der Waals surface area contributed by atoms with Gasteiger partial charge in [0, 0.05) is 42.9 Å². The molecule has 0 spiro atoms. The Morgan fingerprint density at radius 2 is 2.14 bits per heavy atom. The Balaban J connectivity index is 1.66. The van der Waals surface area contributed by atoms with Crippen LogP contribution < -0.4 is 5.32 Å². The molecular formula is C22H33N5OS. The largest absolute Gasteiger partial charge is 0.376 e. The van der Waals surface area contributed by atoms with Crippen LogP contribution in [0.5, 0.6) is 0 Å². The molecule has 2 heterocycles. The van der Waals surface area contributed by atoms with Gasteiger partial charge < -0.3 is 15.1 Å². The Kier molecular flexibility index (Phi) is 7.64. The predicted octanol–water partition coefficient (Wildman–Crippen LogP) is 2.83. The fourth-order valence-corrected chi connectivity index (χ4v) is 4.39. The van der Waals surface area contributed by atoms with Crippen LogP contribution in [0, 0.1) is 6.92 Å². The monoisotopic (exact) mass is 415 g/mol. The lowest BCUT2D eigenvalue weighted by atomic mass is 9.98. The average Bonchev–Trinajstić information content (AvgIpc) is 3.13. The molecule has 1 aromatic carbocycles. The maximum atomic E-state index is 13.0. The molecule has 0 saturated carbocycles. The van der Waals surface area contributed by atoms with Crippen LogP contribution in [0.1, 0.15) is 28.8 Å². The van der Waals surface area contributed by atoms with E-state index < -0.39 is 0 Å². The second-order valence-electron chi connectivity index (χ2n) is 7.92. The van der Waals surface area contributed by atoms with Crippen molar-refractivity contribution in [3.8, 4) is 0 Å². The van der Waals surface area contributed by atoms with Crippen LogP contribution in [0.15, 0.2) is 23.6 Å². The zero-order valence-corrected chi connectivity index (χ0v) is 18.9. The van der Waals surface area contributed by atoms with Crippen LogP contribution in [0.25, 0.3) is 0 Å². The predicted molar refractivity (Wildman–Crippen MR) is 120 cm³/mol. The molecule has 2 aromatic rings. The molecule has 7 heteroatoms. The normalized spacial score (nSPS) is 14.1. The highest BCUT2D eigenvalue weighted by Crippen LogP contribution is 2.26. The number of benzene rings is 1. The summed E-state index contributed by atoms with van der Waals surface area (Å²) in [6.07, 6.45) is 1.07. The summed E-state index contributed by atoms with van der Waals surface area (Å²) in [6.45, 7) is 9.72. The molecule has 29 heavy (non-hydrogen) atoms. The summed E-state index contributed by atoms with van der Waals surface area (Å²) in [5.74, 6) is 0.112. The topological polar surface area (TPSA) is 51.7 Å². The highest BCUT2D eigenvalue weighted by atomic mass is 32.1. The van der Waals surface area contributed by atoms with Crippen LogP contribution in [-0.2, 0) is 24.3 Å². The number of carbonyl (C=O) groups excluding carboxylic acids is 1. The number of aromatic nitrogens is 1. The number of hydrogen-bond donors (Lipinski definition) is 1. The number of thiazole rings is 1. The van der Waals surface area contributed by atoms with E-state index in [1.54, 1.807) is 11.3 Å². The van der Waals surface area contributed by atoms with Gasteiger partial charge in [0.05, 0.1) is 13.1 Å². The Bertz CT molecular complexity index is 819. The van der Waals surface area contributed by atoms with Crippen molar-refractivity contribution in [1.82, 2.24) is 19.7 Å². The Morgan fingerprint density at radius 1 is 1.31 bits per heavy atom. The van der Waals surface area contributed by atoms with Crippen molar-refractivity contribution in [3.63, 3.8) is 0 Å². The van der Waals surface area contributed by atoms with Crippen LogP contribution in [0.4, 0.5) is 5.69 Å². The van der Waals surface area contributed by atoms with Gasteiger partial charge in [-0.2, -0.15) is 0 Å². The molecule has 0 atom stereocenters. The number of likely N-dealkylation sites (N-methyl/N-ethyl adjacent to an activating group) is 2. The molecule has 0 aliphatic carbocycles. The summed E-state index contributed by atoms with van der Waals surface area (Å²) >= 11 is 1.62. The van der Waals surface area contributed by atoms with E-state index in [0.29, 0.717) is 19.6 Å². The maximum absolute atomic E-state index is 13.0. The van der Waals surface area contributed by atoms with Crippen molar-refractivity contribution >= 4 is 22.9 Å². The molecular weight excluding hydrogens is 382 g/mol. The third-order valence-corrected chi connectivity index (χ3v) is 6.34. The number of nitrogens with one attached hydrogen (secondary N) is 1. The highest BCUT2D eigenvalue weighted by molar-refractivity contribution is 7.09. The van der Waals surface area contributed by atoms with E-state index in [2.05, 4.69) is 45.2 Å². The Morgan fingerprint density at radius 3 is 2.83 bits per heavy atom. The summed E-state index contributed by atoms with van der Waals surface area (Å²) in [5.41, 5.74) is 4.84. The van der Waals surface area contributed by atoms with Crippen LogP contribution in [0.3, 0.4) is 0 Å². The number of rotatable bonds is 9. The highest BCUT2D eigenvalue weighted by Gasteiger charge is 2.20. The molecule has 1 N–H and O–H groups in total. The number of amides is 1. The van der Waals surface area contributed by atoms with Crippen molar-refractivity contribution in [2.75, 3.05) is 52.1 Å². The molecule has 0 saturated heterocycles. The van der Waals surface area contributed by atoms with Gasteiger partial charge in [-0.3, -0.25) is 9.69 Å². The summed E-state index contributed by atoms with van der Waals surface area (Å²) in [7, 11) is 4.06. The lowest BCUT2D eigenvalue weighted by Gasteiger charge is -2.30. The number of fused-ring (bicyclic) bond motifs is 1. The van der Waals surface area contributed by atoms with Gasteiger partial charge in [0.25, 0.3) is 0 Å². The van der Waals surface area contributed by atoms with Crippen LogP contribution >= 0.6 is 11.3 Å². The zero-order valence-electron chi connectivity index (χ0n) is 18.1. The van der Waals surface area contributed by atoms with E-state index >= 15 is 0 Å². The van der Waals surface area contributed by atoms with Crippen molar-refractivity contribution in [3.05, 3.63) is 45.4 Å². The minimum atomic E-state index is 0.112. The van der Waals surface area contributed by atoms with E-state index in [0.717, 1.165) is 49.0 Å².